The smallest absolute Gasteiger partial charge is 0.259 e. The highest BCUT2D eigenvalue weighted by atomic mass is 79.9. The van der Waals surface area contributed by atoms with Crippen LogP contribution < -0.4 is 0 Å². The number of nitrogens with zero attached hydrogens (tertiary/aromatic N) is 4. The van der Waals surface area contributed by atoms with Gasteiger partial charge < -0.3 is 14.2 Å². The highest BCUT2D eigenvalue weighted by Crippen LogP contribution is 2.25. The average Bonchev–Trinajstić information content (AvgIpc) is 3.31. The molecule has 26 heavy (non-hydrogen) atoms. The largest absolute Gasteiger partial charge is 0.378 e. The van der Waals surface area contributed by atoms with E-state index in [4.69, 9.17) is 4.74 Å². The Kier molecular flexibility index (Phi) is 4.60. The first-order chi connectivity index (χ1) is 12.6. The van der Waals surface area contributed by atoms with Crippen LogP contribution in [0.2, 0.25) is 0 Å². The van der Waals surface area contributed by atoms with Gasteiger partial charge in [-0.3, -0.25) is 4.79 Å². The maximum absolute atomic E-state index is 14.5. The Bertz CT molecular complexity index is 933. The summed E-state index contributed by atoms with van der Waals surface area (Å²) >= 11 is 3.26. The predicted octanol–water partition coefficient (Wildman–Crippen LogP) is 3.04. The van der Waals surface area contributed by atoms with Gasteiger partial charge in [-0.05, 0) is 30.3 Å². The van der Waals surface area contributed by atoms with Crippen molar-refractivity contribution in [1.82, 2.24) is 19.2 Å². The minimum Gasteiger partial charge on any atom is -0.378 e. The van der Waals surface area contributed by atoms with Crippen molar-refractivity contribution in [2.45, 2.75) is 0 Å². The van der Waals surface area contributed by atoms with Gasteiger partial charge in [-0.25, -0.2) is 9.07 Å². The Morgan fingerprint density at radius 1 is 1.19 bits per heavy atom. The van der Waals surface area contributed by atoms with Gasteiger partial charge >= 0.3 is 0 Å². The third-order valence-electron chi connectivity index (χ3n) is 4.26. The van der Waals surface area contributed by atoms with E-state index in [1.165, 1.54) is 16.9 Å². The summed E-state index contributed by atoms with van der Waals surface area (Å²) in [6.45, 7) is 2.09. The molecule has 0 N–H and O–H groups in total. The molecule has 0 bridgehead atoms. The Labute approximate surface area is 157 Å². The lowest BCUT2D eigenvalue weighted by molar-refractivity contribution is 0.0303. The van der Waals surface area contributed by atoms with Crippen molar-refractivity contribution in [2.24, 2.45) is 0 Å². The normalized spacial score (nSPS) is 14.6. The molecule has 2 aromatic heterocycles. The minimum absolute atomic E-state index is 0.138. The molecule has 1 aliphatic heterocycles. The van der Waals surface area contributed by atoms with Gasteiger partial charge in [0.2, 0.25) is 0 Å². The first-order valence-electron chi connectivity index (χ1n) is 8.19. The van der Waals surface area contributed by atoms with Crippen molar-refractivity contribution >= 4 is 21.8 Å². The summed E-state index contributed by atoms with van der Waals surface area (Å²) < 4.78 is 23.7. The van der Waals surface area contributed by atoms with Gasteiger partial charge in [0.05, 0.1) is 19.4 Å². The summed E-state index contributed by atoms with van der Waals surface area (Å²) in [7, 11) is 0. The fourth-order valence-electron chi connectivity index (χ4n) is 2.98. The zero-order valence-corrected chi connectivity index (χ0v) is 15.4. The maximum atomic E-state index is 14.5. The second kappa shape index (κ2) is 7.05. The molecule has 8 heteroatoms. The van der Waals surface area contributed by atoms with Crippen LogP contribution in [-0.2, 0) is 4.74 Å². The van der Waals surface area contributed by atoms with Crippen molar-refractivity contribution in [3.8, 4) is 11.5 Å². The van der Waals surface area contributed by atoms with E-state index in [-0.39, 0.29) is 11.6 Å². The van der Waals surface area contributed by atoms with Crippen molar-refractivity contribution < 1.29 is 13.9 Å². The Morgan fingerprint density at radius 2 is 1.92 bits per heavy atom. The molecule has 3 heterocycles. The SMILES string of the molecule is O=C(c1cnn(-c2ccc(Br)cc2F)c1-n1cccc1)N1CCOCC1. The van der Waals surface area contributed by atoms with E-state index in [0.717, 1.165) is 0 Å². The molecule has 0 aliphatic carbocycles. The number of amides is 1. The second-order valence-electron chi connectivity index (χ2n) is 5.88. The van der Waals surface area contributed by atoms with Crippen LogP contribution in [0.4, 0.5) is 4.39 Å². The standard InChI is InChI=1S/C18H16BrFN4O2/c19-13-3-4-16(15(20)11-13)24-17(22-5-1-2-6-22)14(12-21-24)18(25)23-7-9-26-10-8-23/h1-6,11-12H,7-10H2. The second-order valence-corrected chi connectivity index (χ2v) is 6.80. The molecule has 4 rings (SSSR count). The molecule has 1 fully saturated rings. The molecule has 3 aromatic rings. The minimum atomic E-state index is -0.429. The van der Waals surface area contributed by atoms with Gasteiger partial charge in [0, 0.05) is 30.0 Å². The highest BCUT2D eigenvalue weighted by Gasteiger charge is 2.26. The lowest BCUT2D eigenvalue weighted by Gasteiger charge is -2.26. The van der Waals surface area contributed by atoms with E-state index in [0.29, 0.717) is 42.2 Å². The number of rotatable bonds is 3. The number of benzene rings is 1. The number of carbonyl (C=O) groups excluding carboxylic acids is 1. The molecule has 6 nitrogen and oxygen atoms in total. The van der Waals surface area contributed by atoms with Crippen LogP contribution in [0.5, 0.6) is 0 Å². The molecule has 1 aromatic carbocycles. The molecule has 0 spiro atoms. The third-order valence-corrected chi connectivity index (χ3v) is 4.75. The summed E-state index contributed by atoms with van der Waals surface area (Å²) in [6.07, 6.45) is 5.11. The summed E-state index contributed by atoms with van der Waals surface area (Å²) in [5.41, 5.74) is 0.698. The number of carbonyl (C=O) groups is 1. The predicted molar refractivity (Wildman–Crippen MR) is 97.3 cm³/mol. The summed E-state index contributed by atoms with van der Waals surface area (Å²) in [5.74, 6) is -0.0604. The number of hydrogen-bond donors (Lipinski definition) is 0. The van der Waals surface area contributed by atoms with Gasteiger partial charge in [-0.2, -0.15) is 5.10 Å². The van der Waals surface area contributed by atoms with Crippen molar-refractivity contribution in [2.75, 3.05) is 26.3 Å². The fourth-order valence-corrected chi connectivity index (χ4v) is 3.32. The number of ether oxygens (including phenoxy) is 1. The van der Waals surface area contributed by atoms with Crippen LogP contribution in [-0.4, -0.2) is 51.5 Å². The van der Waals surface area contributed by atoms with Crippen molar-refractivity contribution in [3.05, 3.63) is 64.8 Å². The van der Waals surface area contributed by atoms with E-state index in [9.17, 15) is 9.18 Å². The molecule has 0 saturated carbocycles. The van der Waals surface area contributed by atoms with E-state index >= 15 is 0 Å². The van der Waals surface area contributed by atoms with E-state index in [2.05, 4.69) is 21.0 Å². The summed E-state index contributed by atoms with van der Waals surface area (Å²) in [5, 5.41) is 4.31. The van der Waals surface area contributed by atoms with E-state index in [1.54, 1.807) is 34.0 Å². The molecular weight excluding hydrogens is 403 g/mol. The Morgan fingerprint density at radius 3 is 2.62 bits per heavy atom. The zero-order valence-electron chi connectivity index (χ0n) is 13.8. The number of hydrogen-bond acceptors (Lipinski definition) is 3. The highest BCUT2D eigenvalue weighted by molar-refractivity contribution is 9.10. The van der Waals surface area contributed by atoms with E-state index in [1.807, 2.05) is 12.1 Å². The first kappa shape index (κ1) is 17.0. The first-order valence-corrected chi connectivity index (χ1v) is 8.98. The summed E-state index contributed by atoms with van der Waals surface area (Å²) in [4.78, 5) is 14.7. The fraction of sp³-hybridized carbons (Fsp3) is 0.222. The molecule has 1 aliphatic rings. The van der Waals surface area contributed by atoms with Crippen LogP contribution in [0, 0.1) is 5.82 Å². The monoisotopic (exact) mass is 418 g/mol. The van der Waals surface area contributed by atoms with Crippen molar-refractivity contribution in [1.29, 1.82) is 0 Å². The quantitative estimate of drug-likeness (QED) is 0.656. The molecule has 0 radical (unpaired) electrons. The van der Waals surface area contributed by atoms with Gasteiger partial charge in [0.25, 0.3) is 5.91 Å². The average molecular weight is 419 g/mol. The van der Waals surface area contributed by atoms with Gasteiger partial charge in [0.15, 0.2) is 5.82 Å². The van der Waals surface area contributed by atoms with Crippen LogP contribution in [0.25, 0.3) is 11.5 Å². The lowest BCUT2D eigenvalue weighted by atomic mass is 10.2. The van der Waals surface area contributed by atoms with Gasteiger partial charge in [-0.1, -0.05) is 15.9 Å². The Hall–Kier alpha value is -2.45. The number of halogens is 2. The third kappa shape index (κ3) is 3.06. The molecule has 134 valence electrons. The van der Waals surface area contributed by atoms with Gasteiger partial charge in [0.1, 0.15) is 17.1 Å². The topological polar surface area (TPSA) is 52.3 Å². The maximum Gasteiger partial charge on any atom is 0.259 e. The molecule has 1 saturated heterocycles. The molecular formula is C18H16BrFN4O2. The van der Waals surface area contributed by atoms with Crippen LogP contribution in [0.1, 0.15) is 10.4 Å². The molecule has 0 unspecified atom stereocenters. The lowest BCUT2D eigenvalue weighted by Crippen LogP contribution is -2.40. The van der Waals surface area contributed by atoms with Gasteiger partial charge in [-0.15, -0.1) is 0 Å². The van der Waals surface area contributed by atoms with Crippen LogP contribution in [0.3, 0.4) is 0 Å². The molecule has 0 atom stereocenters. The van der Waals surface area contributed by atoms with Crippen molar-refractivity contribution in [3.63, 3.8) is 0 Å². The Balaban J connectivity index is 1.83. The zero-order chi connectivity index (χ0) is 18.1. The number of morpholine rings is 1. The van der Waals surface area contributed by atoms with E-state index < -0.39 is 5.82 Å². The van der Waals surface area contributed by atoms with Crippen LogP contribution >= 0.6 is 15.9 Å². The van der Waals surface area contributed by atoms with Crippen LogP contribution in [0.15, 0.2) is 53.4 Å². The molecule has 1 amide bonds. The number of aromatic nitrogens is 3. The summed E-state index contributed by atoms with van der Waals surface area (Å²) in [6, 6.07) is 8.43.